The molecule has 2 rings (SSSR count). The van der Waals surface area contributed by atoms with Crippen molar-refractivity contribution in [3.63, 3.8) is 0 Å². The average Bonchev–Trinajstić information content (AvgIpc) is 2.38. The van der Waals surface area contributed by atoms with Gasteiger partial charge in [-0.2, -0.15) is 0 Å². The van der Waals surface area contributed by atoms with E-state index in [1.165, 1.54) is 12.3 Å². The molecular formula is C11H15N3O3. The number of hydrogen-bond acceptors (Lipinski definition) is 5. The monoisotopic (exact) mass is 237 g/mol. The van der Waals surface area contributed by atoms with Gasteiger partial charge in [0.2, 0.25) is 5.95 Å². The Labute approximate surface area is 99.0 Å². The van der Waals surface area contributed by atoms with Gasteiger partial charge in [0.05, 0.1) is 0 Å². The van der Waals surface area contributed by atoms with E-state index in [2.05, 4.69) is 15.3 Å². The summed E-state index contributed by atoms with van der Waals surface area (Å²) in [5, 5.41) is 11.9. The molecule has 1 aliphatic rings. The molecule has 1 aliphatic heterocycles. The zero-order valence-corrected chi connectivity index (χ0v) is 9.43. The maximum Gasteiger partial charge on any atom is 0.354 e. The summed E-state index contributed by atoms with van der Waals surface area (Å²) in [4.78, 5) is 18.6. The highest BCUT2D eigenvalue weighted by Crippen LogP contribution is 2.14. The van der Waals surface area contributed by atoms with Gasteiger partial charge >= 0.3 is 5.97 Å². The highest BCUT2D eigenvalue weighted by atomic mass is 16.5. The third-order valence-electron chi connectivity index (χ3n) is 2.76. The Bertz CT molecular complexity index is 391. The minimum Gasteiger partial charge on any atom is -0.477 e. The normalized spacial score (nSPS) is 16.7. The molecule has 1 aromatic rings. The number of hydrogen-bond donors (Lipinski definition) is 2. The third-order valence-corrected chi connectivity index (χ3v) is 2.76. The van der Waals surface area contributed by atoms with Gasteiger partial charge < -0.3 is 15.2 Å². The zero-order chi connectivity index (χ0) is 12.1. The van der Waals surface area contributed by atoms with Crippen LogP contribution < -0.4 is 5.32 Å². The molecule has 0 amide bonds. The number of carbonyl (C=O) groups is 1. The fraction of sp³-hybridized carbons (Fsp3) is 0.545. The van der Waals surface area contributed by atoms with Crippen LogP contribution in [0, 0.1) is 5.92 Å². The van der Waals surface area contributed by atoms with Crippen LogP contribution in [-0.4, -0.2) is 40.8 Å². The van der Waals surface area contributed by atoms with Crippen LogP contribution >= 0.6 is 0 Å². The number of nitrogens with one attached hydrogen (secondary N) is 1. The van der Waals surface area contributed by atoms with Crippen molar-refractivity contribution in [2.24, 2.45) is 5.92 Å². The van der Waals surface area contributed by atoms with Crippen molar-refractivity contribution in [1.82, 2.24) is 9.97 Å². The second kappa shape index (κ2) is 5.58. The molecule has 6 heteroatoms. The first kappa shape index (κ1) is 11.8. The van der Waals surface area contributed by atoms with E-state index in [1.807, 2.05) is 0 Å². The van der Waals surface area contributed by atoms with Gasteiger partial charge in [-0.25, -0.2) is 14.8 Å². The smallest absolute Gasteiger partial charge is 0.354 e. The highest BCUT2D eigenvalue weighted by molar-refractivity contribution is 5.85. The topological polar surface area (TPSA) is 84.3 Å². The molecule has 0 aromatic carbocycles. The summed E-state index contributed by atoms with van der Waals surface area (Å²) in [7, 11) is 0. The molecule has 2 heterocycles. The molecule has 17 heavy (non-hydrogen) atoms. The van der Waals surface area contributed by atoms with E-state index in [0.717, 1.165) is 32.6 Å². The van der Waals surface area contributed by atoms with E-state index in [9.17, 15) is 4.79 Å². The third kappa shape index (κ3) is 3.39. The number of rotatable bonds is 4. The van der Waals surface area contributed by atoms with E-state index < -0.39 is 5.97 Å². The lowest BCUT2D eigenvalue weighted by molar-refractivity contribution is 0.0690. The van der Waals surface area contributed by atoms with Crippen LogP contribution in [0.1, 0.15) is 23.3 Å². The first-order chi connectivity index (χ1) is 8.25. The molecule has 6 nitrogen and oxygen atoms in total. The van der Waals surface area contributed by atoms with Gasteiger partial charge in [-0.15, -0.1) is 0 Å². The first-order valence-corrected chi connectivity index (χ1v) is 5.63. The fourth-order valence-electron chi connectivity index (χ4n) is 1.75. The lowest BCUT2D eigenvalue weighted by Gasteiger charge is -2.22. The van der Waals surface area contributed by atoms with Gasteiger partial charge in [0.15, 0.2) is 5.69 Å². The van der Waals surface area contributed by atoms with Gasteiger partial charge in [0.1, 0.15) is 0 Å². The Hall–Kier alpha value is -1.69. The molecule has 92 valence electrons. The summed E-state index contributed by atoms with van der Waals surface area (Å²) in [6.07, 6.45) is 3.49. The molecule has 1 fully saturated rings. The molecule has 0 atom stereocenters. The van der Waals surface area contributed by atoms with Gasteiger partial charge in [-0.3, -0.25) is 0 Å². The molecule has 0 spiro atoms. The summed E-state index contributed by atoms with van der Waals surface area (Å²) in [5.74, 6) is -0.126. The van der Waals surface area contributed by atoms with Crippen molar-refractivity contribution < 1.29 is 14.6 Å². The molecule has 0 aliphatic carbocycles. The second-order valence-electron chi connectivity index (χ2n) is 4.01. The first-order valence-electron chi connectivity index (χ1n) is 5.63. The lowest BCUT2D eigenvalue weighted by Crippen LogP contribution is -2.23. The lowest BCUT2D eigenvalue weighted by atomic mass is 10.0. The largest absolute Gasteiger partial charge is 0.477 e. The minimum absolute atomic E-state index is 0.00878. The van der Waals surface area contributed by atoms with Crippen LogP contribution in [0.25, 0.3) is 0 Å². The quantitative estimate of drug-likeness (QED) is 0.813. The van der Waals surface area contributed by atoms with Crippen molar-refractivity contribution in [3.05, 3.63) is 18.0 Å². The Balaban J connectivity index is 1.89. The maximum absolute atomic E-state index is 10.7. The predicted molar refractivity (Wildman–Crippen MR) is 61.0 cm³/mol. The molecular weight excluding hydrogens is 222 g/mol. The molecule has 0 bridgehead atoms. The Morgan fingerprint density at radius 3 is 3.00 bits per heavy atom. The second-order valence-corrected chi connectivity index (χ2v) is 4.01. The van der Waals surface area contributed by atoms with Crippen molar-refractivity contribution in [2.75, 3.05) is 25.1 Å². The van der Waals surface area contributed by atoms with E-state index in [1.54, 1.807) is 0 Å². The molecule has 0 unspecified atom stereocenters. The molecule has 0 saturated carbocycles. The van der Waals surface area contributed by atoms with Crippen molar-refractivity contribution >= 4 is 11.9 Å². The van der Waals surface area contributed by atoms with Crippen LogP contribution in [0.4, 0.5) is 5.95 Å². The number of ether oxygens (including phenoxy) is 1. The van der Waals surface area contributed by atoms with Crippen LogP contribution in [0.15, 0.2) is 12.3 Å². The van der Waals surface area contributed by atoms with E-state index in [0.29, 0.717) is 11.9 Å². The summed E-state index contributed by atoms with van der Waals surface area (Å²) in [6, 6.07) is 1.38. The predicted octanol–water partition coefficient (Wildman–Crippen LogP) is 1.01. The van der Waals surface area contributed by atoms with Gasteiger partial charge in [-0.1, -0.05) is 0 Å². The average molecular weight is 237 g/mol. The van der Waals surface area contributed by atoms with Gasteiger partial charge in [0, 0.05) is 26.0 Å². The van der Waals surface area contributed by atoms with Crippen LogP contribution in [0.5, 0.6) is 0 Å². The summed E-state index contributed by atoms with van der Waals surface area (Å²) < 4.78 is 5.27. The molecule has 2 N–H and O–H groups in total. The SMILES string of the molecule is O=C(O)c1ccnc(NCC2CCOCC2)n1. The van der Waals surface area contributed by atoms with Crippen LogP contribution in [0.2, 0.25) is 0 Å². The van der Waals surface area contributed by atoms with Crippen molar-refractivity contribution in [2.45, 2.75) is 12.8 Å². The van der Waals surface area contributed by atoms with E-state index in [4.69, 9.17) is 9.84 Å². The van der Waals surface area contributed by atoms with Gasteiger partial charge in [-0.05, 0) is 24.8 Å². The number of carboxylic acid groups (broad SMARTS) is 1. The standard InChI is InChI=1S/C11H15N3O3/c15-10(16)9-1-4-12-11(14-9)13-7-8-2-5-17-6-3-8/h1,4,8H,2-3,5-7H2,(H,15,16)(H,12,13,14). The van der Waals surface area contributed by atoms with E-state index >= 15 is 0 Å². The summed E-state index contributed by atoms with van der Waals surface area (Å²) in [5.41, 5.74) is 0.00878. The zero-order valence-electron chi connectivity index (χ0n) is 9.43. The number of aromatic carboxylic acids is 1. The summed E-state index contributed by atoms with van der Waals surface area (Å²) >= 11 is 0. The number of carboxylic acids is 1. The minimum atomic E-state index is -1.04. The molecule has 1 aromatic heterocycles. The van der Waals surface area contributed by atoms with Crippen LogP contribution in [0.3, 0.4) is 0 Å². The Morgan fingerprint density at radius 1 is 1.53 bits per heavy atom. The molecule has 0 radical (unpaired) electrons. The van der Waals surface area contributed by atoms with Crippen LogP contribution in [-0.2, 0) is 4.74 Å². The fourth-order valence-corrected chi connectivity index (χ4v) is 1.75. The van der Waals surface area contributed by atoms with E-state index in [-0.39, 0.29) is 5.69 Å². The summed E-state index contributed by atoms with van der Waals surface area (Å²) in [6.45, 7) is 2.34. The van der Waals surface area contributed by atoms with Crippen molar-refractivity contribution in [3.8, 4) is 0 Å². The van der Waals surface area contributed by atoms with Gasteiger partial charge in [0.25, 0.3) is 0 Å². The number of aromatic nitrogens is 2. The molecule has 1 saturated heterocycles. The Morgan fingerprint density at radius 2 is 2.29 bits per heavy atom. The van der Waals surface area contributed by atoms with Crippen molar-refractivity contribution in [1.29, 1.82) is 0 Å². The maximum atomic E-state index is 10.7. The highest BCUT2D eigenvalue weighted by Gasteiger charge is 2.14. The number of anilines is 1. The number of nitrogens with zero attached hydrogens (tertiary/aromatic N) is 2. The Kier molecular flexibility index (Phi) is 3.87.